The van der Waals surface area contributed by atoms with E-state index in [2.05, 4.69) is 17.2 Å². The highest BCUT2D eigenvalue weighted by molar-refractivity contribution is 7.99. The molecule has 0 aliphatic carbocycles. The average Bonchev–Trinajstić information content (AvgIpc) is 2.29. The molecule has 1 atom stereocenters. The maximum Gasteiger partial charge on any atom is 0.311 e. The van der Waals surface area contributed by atoms with E-state index in [0.29, 0.717) is 5.82 Å². The molecule has 0 radical (unpaired) electrons. The maximum atomic E-state index is 10.9. The van der Waals surface area contributed by atoms with Gasteiger partial charge in [0, 0.05) is 17.8 Å². The topological polar surface area (TPSA) is 68.1 Å². The lowest BCUT2D eigenvalue weighted by molar-refractivity contribution is -0.384. The fraction of sp³-hybridized carbons (Fsp3) is 0.583. The van der Waals surface area contributed by atoms with Gasteiger partial charge >= 0.3 is 5.69 Å². The summed E-state index contributed by atoms with van der Waals surface area (Å²) in [5, 5.41) is 14.0. The van der Waals surface area contributed by atoms with Gasteiger partial charge < -0.3 is 5.32 Å². The number of hydrogen-bond donors (Lipinski definition) is 1. The first-order valence-corrected chi connectivity index (χ1v) is 7.16. The molecular weight excluding hydrogens is 250 g/mol. The van der Waals surface area contributed by atoms with E-state index in [9.17, 15) is 10.1 Å². The summed E-state index contributed by atoms with van der Waals surface area (Å²) in [5.41, 5.74) is 0.814. The van der Waals surface area contributed by atoms with Gasteiger partial charge in [-0.15, -0.1) is 0 Å². The number of aromatic nitrogens is 1. The van der Waals surface area contributed by atoms with Gasteiger partial charge in [0.15, 0.2) is 0 Å². The first kappa shape index (κ1) is 14.8. The van der Waals surface area contributed by atoms with E-state index in [-0.39, 0.29) is 11.7 Å². The van der Waals surface area contributed by atoms with Gasteiger partial charge in [0.1, 0.15) is 0 Å². The SMILES string of the molecule is CCSCCC(C)Nc1nc(C)ccc1[N+](=O)[O-]. The molecule has 0 saturated carbocycles. The number of thioether (sulfide) groups is 1. The van der Waals surface area contributed by atoms with Crippen molar-refractivity contribution in [1.82, 2.24) is 4.98 Å². The van der Waals surface area contributed by atoms with Crippen molar-refractivity contribution in [2.75, 3.05) is 16.8 Å². The monoisotopic (exact) mass is 269 g/mol. The number of rotatable bonds is 7. The Bertz CT molecular complexity index is 412. The molecule has 100 valence electrons. The number of anilines is 1. The Morgan fingerprint density at radius 1 is 1.56 bits per heavy atom. The Labute approximate surface area is 112 Å². The van der Waals surface area contributed by atoms with E-state index in [4.69, 9.17) is 0 Å². The third kappa shape index (κ3) is 4.52. The number of nitro groups is 1. The van der Waals surface area contributed by atoms with E-state index < -0.39 is 4.92 Å². The largest absolute Gasteiger partial charge is 0.362 e. The molecule has 6 heteroatoms. The van der Waals surface area contributed by atoms with Crippen LogP contribution in [0.15, 0.2) is 12.1 Å². The second kappa shape index (κ2) is 7.20. The smallest absolute Gasteiger partial charge is 0.311 e. The molecule has 0 amide bonds. The predicted octanol–water partition coefficient (Wildman–Crippen LogP) is 3.24. The zero-order valence-electron chi connectivity index (χ0n) is 11.0. The van der Waals surface area contributed by atoms with Crippen LogP contribution in [0.25, 0.3) is 0 Å². The van der Waals surface area contributed by atoms with Crippen molar-refractivity contribution in [3.05, 3.63) is 27.9 Å². The fourth-order valence-electron chi connectivity index (χ4n) is 1.51. The molecule has 0 spiro atoms. The van der Waals surface area contributed by atoms with Gasteiger partial charge in [0.05, 0.1) is 4.92 Å². The van der Waals surface area contributed by atoms with Gasteiger partial charge in [-0.2, -0.15) is 11.8 Å². The summed E-state index contributed by atoms with van der Waals surface area (Å²) in [4.78, 5) is 14.7. The number of nitrogens with zero attached hydrogens (tertiary/aromatic N) is 2. The standard InChI is InChI=1S/C12H19N3O2S/c1-4-18-8-7-10(3)14-12-11(15(16)17)6-5-9(2)13-12/h5-6,10H,4,7-8H2,1-3H3,(H,13,14). The molecule has 1 heterocycles. The summed E-state index contributed by atoms with van der Waals surface area (Å²) < 4.78 is 0. The van der Waals surface area contributed by atoms with Crippen LogP contribution in [0.4, 0.5) is 11.5 Å². The van der Waals surface area contributed by atoms with E-state index in [0.717, 1.165) is 23.6 Å². The molecule has 1 aromatic heterocycles. The molecule has 0 fully saturated rings. The van der Waals surface area contributed by atoms with Gasteiger partial charge in [-0.25, -0.2) is 4.98 Å². The molecule has 0 bridgehead atoms. The highest BCUT2D eigenvalue weighted by Gasteiger charge is 2.16. The average molecular weight is 269 g/mol. The lowest BCUT2D eigenvalue weighted by Crippen LogP contribution is -2.18. The molecule has 1 unspecified atom stereocenters. The number of pyridine rings is 1. The second-order valence-electron chi connectivity index (χ2n) is 4.11. The second-order valence-corrected chi connectivity index (χ2v) is 5.50. The van der Waals surface area contributed by atoms with Gasteiger partial charge in [-0.05, 0) is 37.8 Å². The van der Waals surface area contributed by atoms with Crippen molar-refractivity contribution in [1.29, 1.82) is 0 Å². The maximum absolute atomic E-state index is 10.9. The molecule has 18 heavy (non-hydrogen) atoms. The first-order valence-electron chi connectivity index (χ1n) is 6.01. The molecule has 1 N–H and O–H groups in total. The highest BCUT2D eigenvalue weighted by Crippen LogP contribution is 2.23. The van der Waals surface area contributed by atoms with Crippen molar-refractivity contribution < 1.29 is 4.92 Å². The predicted molar refractivity (Wildman–Crippen MR) is 76.3 cm³/mol. The van der Waals surface area contributed by atoms with Gasteiger partial charge in [-0.3, -0.25) is 10.1 Å². The van der Waals surface area contributed by atoms with Gasteiger partial charge in [-0.1, -0.05) is 6.92 Å². The zero-order chi connectivity index (χ0) is 13.5. The van der Waals surface area contributed by atoms with Crippen LogP contribution in [-0.4, -0.2) is 27.5 Å². The van der Waals surface area contributed by atoms with Crippen LogP contribution in [0.3, 0.4) is 0 Å². The number of hydrogen-bond acceptors (Lipinski definition) is 5. The third-order valence-electron chi connectivity index (χ3n) is 2.49. The van der Waals surface area contributed by atoms with Crippen LogP contribution >= 0.6 is 11.8 Å². The number of nitrogens with one attached hydrogen (secondary N) is 1. The highest BCUT2D eigenvalue weighted by atomic mass is 32.2. The van der Waals surface area contributed by atoms with Crippen molar-refractivity contribution in [2.24, 2.45) is 0 Å². The van der Waals surface area contributed by atoms with Crippen LogP contribution < -0.4 is 5.32 Å². The van der Waals surface area contributed by atoms with E-state index in [1.807, 2.05) is 25.6 Å². The Balaban J connectivity index is 2.70. The Morgan fingerprint density at radius 3 is 2.89 bits per heavy atom. The Morgan fingerprint density at radius 2 is 2.28 bits per heavy atom. The molecule has 1 aromatic rings. The molecule has 5 nitrogen and oxygen atoms in total. The van der Waals surface area contributed by atoms with Crippen molar-refractivity contribution in [3.8, 4) is 0 Å². The Kier molecular flexibility index (Phi) is 5.91. The summed E-state index contributed by atoms with van der Waals surface area (Å²) in [5.74, 6) is 2.51. The lowest BCUT2D eigenvalue weighted by atomic mass is 10.2. The normalized spacial score (nSPS) is 12.2. The van der Waals surface area contributed by atoms with Crippen LogP contribution in [0, 0.1) is 17.0 Å². The first-order chi connectivity index (χ1) is 8.54. The molecule has 1 rings (SSSR count). The van der Waals surface area contributed by atoms with Crippen molar-refractivity contribution in [2.45, 2.75) is 33.2 Å². The summed E-state index contributed by atoms with van der Waals surface area (Å²) >= 11 is 1.87. The molecule has 0 saturated heterocycles. The summed E-state index contributed by atoms with van der Waals surface area (Å²) in [6.07, 6.45) is 0.964. The minimum absolute atomic E-state index is 0.0376. The van der Waals surface area contributed by atoms with Crippen LogP contribution in [-0.2, 0) is 0 Å². The molecule has 0 aliphatic rings. The molecule has 0 aromatic carbocycles. The van der Waals surface area contributed by atoms with Gasteiger partial charge in [0.2, 0.25) is 5.82 Å². The van der Waals surface area contributed by atoms with Crippen molar-refractivity contribution >= 4 is 23.3 Å². The quantitative estimate of drug-likeness (QED) is 0.467. The van der Waals surface area contributed by atoms with E-state index in [1.54, 1.807) is 6.07 Å². The molecule has 0 aliphatic heterocycles. The fourth-order valence-corrected chi connectivity index (χ4v) is 2.32. The van der Waals surface area contributed by atoms with E-state index >= 15 is 0 Å². The minimum atomic E-state index is -0.401. The van der Waals surface area contributed by atoms with E-state index in [1.165, 1.54) is 6.07 Å². The lowest BCUT2D eigenvalue weighted by Gasteiger charge is -2.14. The number of aryl methyl sites for hydroxylation is 1. The summed E-state index contributed by atoms with van der Waals surface area (Å²) in [6, 6.07) is 3.33. The summed E-state index contributed by atoms with van der Waals surface area (Å²) in [6.45, 7) is 5.96. The Hall–Kier alpha value is -1.30. The zero-order valence-corrected chi connectivity index (χ0v) is 11.8. The van der Waals surface area contributed by atoms with Crippen LogP contribution in [0.2, 0.25) is 0 Å². The van der Waals surface area contributed by atoms with Gasteiger partial charge in [0.25, 0.3) is 0 Å². The van der Waals surface area contributed by atoms with Crippen molar-refractivity contribution in [3.63, 3.8) is 0 Å². The molecular formula is C12H19N3O2S. The summed E-state index contributed by atoms with van der Waals surface area (Å²) in [7, 11) is 0. The third-order valence-corrected chi connectivity index (χ3v) is 3.42. The van der Waals surface area contributed by atoms with Crippen LogP contribution in [0.1, 0.15) is 26.0 Å². The minimum Gasteiger partial charge on any atom is -0.362 e. The van der Waals surface area contributed by atoms with Crippen LogP contribution in [0.5, 0.6) is 0 Å².